The molecule has 30 heavy (non-hydrogen) atoms. The van der Waals surface area contributed by atoms with E-state index in [-0.39, 0.29) is 11.9 Å². The highest BCUT2D eigenvalue weighted by atomic mass is 35.5. The highest BCUT2D eigenvalue weighted by Crippen LogP contribution is 2.33. The van der Waals surface area contributed by atoms with Gasteiger partial charge in [0.1, 0.15) is 0 Å². The maximum absolute atomic E-state index is 13.3. The molecular formula is C24H19ClN4O. The molecule has 6 heteroatoms. The van der Waals surface area contributed by atoms with Crippen LogP contribution in [0.1, 0.15) is 34.9 Å². The van der Waals surface area contributed by atoms with Gasteiger partial charge < -0.3 is 4.90 Å². The van der Waals surface area contributed by atoms with Crippen molar-refractivity contribution in [2.75, 3.05) is 6.54 Å². The van der Waals surface area contributed by atoms with Crippen LogP contribution in [0.15, 0.2) is 73.1 Å². The second-order valence-corrected chi connectivity index (χ2v) is 7.82. The quantitative estimate of drug-likeness (QED) is 0.455. The summed E-state index contributed by atoms with van der Waals surface area (Å²) in [6, 6.07) is 18.8. The summed E-state index contributed by atoms with van der Waals surface area (Å²) >= 11 is 5.99. The Labute approximate surface area is 179 Å². The van der Waals surface area contributed by atoms with E-state index in [4.69, 9.17) is 16.6 Å². The Morgan fingerprint density at radius 2 is 1.87 bits per heavy atom. The van der Waals surface area contributed by atoms with Crippen molar-refractivity contribution in [3.05, 3.63) is 89.3 Å². The van der Waals surface area contributed by atoms with E-state index in [9.17, 15) is 4.79 Å². The summed E-state index contributed by atoms with van der Waals surface area (Å²) < 4.78 is 0. The van der Waals surface area contributed by atoms with Crippen LogP contribution in [-0.2, 0) is 0 Å². The van der Waals surface area contributed by atoms with Gasteiger partial charge in [-0.05, 0) is 67.4 Å². The maximum atomic E-state index is 13.3. The molecule has 0 radical (unpaired) electrons. The van der Waals surface area contributed by atoms with E-state index in [0.717, 1.165) is 41.5 Å². The predicted molar refractivity (Wildman–Crippen MR) is 117 cm³/mol. The number of hydrogen-bond acceptors (Lipinski definition) is 4. The summed E-state index contributed by atoms with van der Waals surface area (Å²) in [6.07, 6.45) is 5.35. The Hall–Kier alpha value is -3.31. The largest absolute Gasteiger partial charge is 0.330 e. The zero-order valence-electron chi connectivity index (χ0n) is 16.2. The summed E-state index contributed by atoms with van der Waals surface area (Å²) in [7, 11) is 0. The molecule has 5 rings (SSSR count). The number of fused-ring (bicyclic) bond motifs is 1. The van der Waals surface area contributed by atoms with Crippen molar-refractivity contribution in [3.63, 3.8) is 0 Å². The fraction of sp³-hybridized carbons (Fsp3) is 0.167. The summed E-state index contributed by atoms with van der Waals surface area (Å²) in [4.78, 5) is 28.8. The van der Waals surface area contributed by atoms with Gasteiger partial charge in [-0.15, -0.1) is 0 Å². The van der Waals surface area contributed by atoms with Gasteiger partial charge in [-0.2, -0.15) is 0 Å². The van der Waals surface area contributed by atoms with Gasteiger partial charge in [-0.3, -0.25) is 9.78 Å². The molecule has 3 heterocycles. The predicted octanol–water partition coefficient (Wildman–Crippen LogP) is 5.32. The molecule has 0 spiro atoms. The summed E-state index contributed by atoms with van der Waals surface area (Å²) in [6.45, 7) is 0.717. The number of rotatable bonds is 3. The van der Waals surface area contributed by atoms with E-state index in [1.165, 1.54) is 0 Å². The number of halogens is 1. The Balaban J connectivity index is 1.45. The molecular weight excluding hydrogens is 396 g/mol. The lowest BCUT2D eigenvalue weighted by Gasteiger charge is -2.24. The van der Waals surface area contributed by atoms with Crippen LogP contribution >= 0.6 is 11.6 Å². The molecule has 1 aliphatic heterocycles. The number of hydrogen-bond donors (Lipinski definition) is 0. The molecule has 1 fully saturated rings. The van der Waals surface area contributed by atoms with Crippen molar-refractivity contribution in [1.82, 2.24) is 19.9 Å². The van der Waals surface area contributed by atoms with Crippen LogP contribution in [0.4, 0.5) is 0 Å². The summed E-state index contributed by atoms with van der Waals surface area (Å²) in [5.74, 6) is 0.662. The number of carbonyl (C=O) groups excluding carboxylic acids is 1. The lowest BCUT2D eigenvalue weighted by Crippen LogP contribution is -2.31. The van der Waals surface area contributed by atoms with Gasteiger partial charge >= 0.3 is 0 Å². The number of amides is 1. The third kappa shape index (κ3) is 3.53. The van der Waals surface area contributed by atoms with Crippen LogP contribution in [-0.4, -0.2) is 32.3 Å². The van der Waals surface area contributed by atoms with Crippen molar-refractivity contribution in [1.29, 1.82) is 0 Å². The molecule has 0 bridgehead atoms. The molecule has 1 aliphatic rings. The minimum Gasteiger partial charge on any atom is -0.330 e. The van der Waals surface area contributed by atoms with E-state index in [2.05, 4.69) is 9.97 Å². The maximum Gasteiger partial charge on any atom is 0.254 e. The van der Waals surface area contributed by atoms with Gasteiger partial charge in [0.05, 0.1) is 17.3 Å². The van der Waals surface area contributed by atoms with Crippen molar-refractivity contribution in [2.24, 2.45) is 0 Å². The SMILES string of the molecule is O=C(c1ccc2ncccc2c1)N1CCC[C@@H]1c1ccnc(-c2ccc(Cl)cc2)n1. The highest BCUT2D eigenvalue weighted by molar-refractivity contribution is 6.30. The molecule has 0 aliphatic carbocycles. The zero-order chi connectivity index (χ0) is 20.5. The molecule has 1 saturated heterocycles. The first kappa shape index (κ1) is 18.7. The third-order valence-corrected chi connectivity index (χ3v) is 5.74. The number of pyridine rings is 1. The zero-order valence-corrected chi connectivity index (χ0v) is 17.0. The molecule has 0 N–H and O–H groups in total. The smallest absolute Gasteiger partial charge is 0.254 e. The van der Waals surface area contributed by atoms with Gasteiger partial charge in [0.15, 0.2) is 5.82 Å². The van der Waals surface area contributed by atoms with Crippen molar-refractivity contribution >= 4 is 28.4 Å². The molecule has 0 unspecified atom stereocenters. The first-order chi connectivity index (χ1) is 14.7. The molecule has 2 aromatic heterocycles. The van der Waals surface area contributed by atoms with Crippen LogP contribution in [0.25, 0.3) is 22.3 Å². The Morgan fingerprint density at radius 1 is 1.00 bits per heavy atom. The highest BCUT2D eigenvalue weighted by Gasteiger charge is 2.32. The minimum atomic E-state index is -0.0591. The number of carbonyl (C=O) groups is 1. The molecule has 5 nitrogen and oxygen atoms in total. The average molecular weight is 415 g/mol. The normalized spacial score (nSPS) is 16.2. The van der Waals surface area contributed by atoms with Crippen LogP contribution < -0.4 is 0 Å². The van der Waals surface area contributed by atoms with E-state index in [0.29, 0.717) is 16.4 Å². The molecule has 0 saturated carbocycles. The fourth-order valence-corrected chi connectivity index (χ4v) is 4.11. The molecule has 1 amide bonds. The van der Waals surface area contributed by atoms with E-state index in [1.807, 2.05) is 65.6 Å². The first-order valence-corrected chi connectivity index (χ1v) is 10.3. The third-order valence-electron chi connectivity index (χ3n) is 5.48. The second kappa shape index (κ2) is 7.84. The molecule has 148 valence electrons. The minimum absolute atomic E-state index is 0.0231. The number of likely N-dealkylation sites (tertiary alicyclic amines) is 1. The number of nitrogens with zero attached hydrogens (tertiary/aromatic N) is 4. The average Bonchev–Trinajstić information content (AvgIpc) is 3.29. The molecule has 2 aromatic carbocycles. The second-order valence-electron chi connectivity index (χ2n) is 7.38. The van der Waals surface area contributed by atoms with Crippen molar-refractivity contribution in [3.8, 4) is 11.4 Å². The van der Waals surface area contributed by atoms with Crippen molar-refractivity contribution in [2.45, 2.75) is 18.9 Å². The summed E-state index contributed by atoms with van der Waals surface area (Å²) in [5.41, 5.74) is 3.33. The molecule has 4 aromatic rings. The molecule has 1 atom stereocenters. The fourth-order valence-electron chi connectivity index (χ4n) is 3.99. The summed E-state index contributed by atoms with van der Waals surface area (Å²) in [5, 5.41) is 1.64. The number of aromatic nitrogens is 3. The monoisotopic (exact) mass is 414 g/mol. The Bertz CT molecular complexity index is 1230. The van der Waals surface area contributed by atoms with Gasteiger partial charge in [0.2, 0.25) is 0 Å². The van der Waals surface area contributed by atoms with Gasteiger partial charge in [-0.25, -0.2) is 9.97 Å². The van der Waals surface area contributed by atoms with Crippen molar-refractivity contribution < 1.29 is 4.79 Å². The Morgan fingerprint density at radius 3 is 2.73 bits per heavy atom. The lowest BCUT2D eigenvalue weighted by molar-refractivity contribution is 0.0733. The van der Waals surface area contributed by atoms with Crippen LogP contribution in [0.2, 0.25) is 5.02 Å². The number of benzene rings is 2. The van der Waals surface area contributed by atoms with Crippen LogP contribution in [0.3, 0.4) is 0 Å². The van der Waals surface area contributed by atoms with Gasteiger partial charge in [0, 0.05) is 40.5 Å². The van der Waals surface area contributed by atoms with Crippen LogP contribution in [0, 0.1) is 0 Å². The topological polar surface area (TPSA) is 59.0 Å². The van der Waals surface area contributed by atoms with E-state index in [1.54, 1.807) is 12.4 Å². The van der Waals surface area contributed by atoms with Gasteiger partial charge in [0.25, 0.3) is 5.91 Å². The van der Waals surface area contributed by atoms with Crippen LogP contribution in [0.5, 0.6) is 0 Å². The lowest BCUT2D eigenvalue weighted by atomic mass is 10.1. The Kier molecular flexibility index (Phi) is 4.89. The first-order valence-electron chi connectivity index (χ1n) is 9.94. The van der Waals surface area contributed by atoms with E-state index < -0.39 is 0 Å². The standard InChI is InChI=1S/C24H19ClN4O/c25-19-8-5-16(6-9-19)23-27-13-11-21(28-23)22-4-2-14-29(22)24(30)18-7-10-20-17(15-18)3-1-12-26-20/h1,3,5-13,15,22H,2,4,14H2/t22-/m1/s1. The van der Waals surface area contributed by atoms with E-state index >= 15 is 0 Å². The van der Waals surface area contributed by atoms with Gasteiger partial charge in [-0.1, -0.05) is 17.7 Å².